The number of pyridine rings is 1. The second-order valence-electron chi connectivity index (χ2n) is 14.4. The van der Waals surface area contributed by atoms with Crippen LogP contribution in [-0.2, 0) is 25.7 Å². The molecule has 0 bridgehead atoms. The molecule has 4 aliphatic rings. The minimum absolute atomic E-state index is 0.0485. The molecule has 0 aliphatic heterocycles. The van der Waals surface area contributed by atoms with Crippen molar-refractivity contribution in [2.24, 2.45) is 28.6 Å². The van der Waals surface area contributed by atoms with Crippen molar-refractivity contribution in [1.82, 2.24) is 9.88 Å². The van der Waals surface area contributed by atoms with E-state index in [0.29, 0.717) is 35.7 Å². The zero-order valence-corrected chi connectivity index (χ0v) is 29.8. The number of aromatic nitrogens is 1. The van der Waals surface area contributed by atoms with Crippen LogP contribution in [0, 0.1) is 28.6 Å². The number of ether oxygens (including phenoxy) is 1. The maximum Gasteiger partial charge on any atom is 0.323 e. The van der Waals surface area contributed by atoms with Gasteiger partial charge in [0.15, 0.2) is 0 Å². The molecule has 1 aromatic heterocycles. The number of rotatable bonds is 13. The number of esters is 1. The van der Waals surface area contributed by atoms with Crippen molar-refractivity contribution < 1.29 is 24.2 Å². The molecular formula is C39H48N2O5S2. The van der Waals surface area contributed by atoms with Crippen molar-refractivity contribution in [1.29, 1.82) is 0 Å². The van der Waals surface area contributed by atoms with E-state index in [9.17, 15) is 19.5 Å². The summed E-state index contributed by atoms with van der Waals surface area (Å²) in [5, 5.41) is 9.26. The van der Waals surface area contributed by atoms with E-state index in [-0.39, 0.29) is 48.3 Å². The largest absolute Gasteiger partial charge is 0.480 e. The van der Waals surface area contributed by atoms with E-state index < -0.39 is 5.97 Å². The van der Waals surface area contributed by atoms with Crippen molar-refractivity contribution in [3.8, 4) is 0 Å². The van der Waals surface area contributed by atoms with E-state index in [1.165, 1.54) is 34.5 Å². The van der Waals surface area contributed by atoms with Gasteiger partial charge in [-0.2, -0.15) is 0 Å². The summed E-state index contributed by atoms with van der Waals surface area (Å²) >= 11 is 0. The topological polar surface area (TPSA) is 96.8 Å². The summed E-state index contributed by atoms with van der Waals surface area (Å²) in [6.45, 7) is 4.94. The highest BCUT2D eigenvalue weighted by Crippen LogP contribution is 2.66. The Morgan fingerprint density at radius 1 is 0.938 bits per heavy atom. The Balaban J connectivity index is 0.930. The third-order valence-electron chi connectivity index (χ3n) is 11.7. The lowest BCUT2D eigenvalue weighted by Crippen LogP contribution is -2.50. The van der Waals surface area contributed by atoms with E-state index in [2.05, 4.69) is 43.1 Å². The molecule has 1 heterocycles. The molecule has 256 valence electrons. The van der Waals surface area contributed by atoms with E-state index in [4.69, 9.17) is 4.74 Å². The first-order valence-corrected chi connectivity index (χ1v) is 19.9. The fourth-order valence-corrected chi connectivity index (χ4v) is 11.2. The van der Waals surface area contributed by atoms with Gasteiger partial charge < -0.3 is 14.7 Å². The molecule has 6 rings (SSSR count). The highest BCUT2D eigenvalue weighted by atomic mass is 33.1. The molecule has 0 saturated heterocycles. The summed E-state index contributed by atoms with van der Waals surface area (Å²) < 4.78 is 6.01. The zero-order chi connectivity index (χ0) is 33.7. The molecule has 48 heavy (non-hydrogen) atoms. The molecule has 0 radical (unpaired) electrons. The van der Waals surface area contributed by atoms with Crippen LogP contribution >= 0.6 is 21.6 Å². The standard InChI is InChI=1S/C39H48N2O5S2/c1-38-18-14-30(46-37(45)17-22-48-47-21-16-35(42)41(26-36(43)44)25-27-7-4-3-5-8-27)23-29(38)10-11-31-33-13-12-32(28-9-6-20-40-24-28)39(33,2)19-15-34(31)38/h3-10,12,20,24,30-31,33-34H,11,13-19,21-23,25-26H2,1-2H3,(H,43,44)/t30-,31-,33?,34-,38-,39+/m0/s1. The molecule has 1 N–H and O–H groups in total. The molecule has 1 amide bonds. The number of allylic oxidation sites excluding steroid dienone is 3. The summed E-state index contributed by atoms with van der Waals surface area (Å²) in [6.07, 6.45) is 17.1. The van der Waals surface area contributed by atoms with Gasteiger partial charge in [0.05, 0.1) is 6.42 Å². The van der Waals surface area contributed by atoms with Crippen molar-refractivity contribution in [3.05, 3.63) is 83.7 Å². The third kappa shape index (κ3) is 7.57. The van der Waals surface area contributed by atoms with Crippen LogP contribution in [0.25, 0.3) is 5.57 Å². The van der Waals surface area contributed by atoms with Gasteiger partial charge in [-0.3, -0.25) is 19.4 Å². The smallest absolute Gasteiger partial charge is 0.323 e. The molecule has 6 atom stereocenters. The van der Waals surface area contributed by atoms with Crippen LogP contribution in [-0.4, -0.2) is 57.0 Å². The Bertz CT molecular complexity index is 1530. The Morgan fingerprint density at radius 3 is 2.46 bits per heavy atom. The molecule has 2 saturated carbocycles. The van der Waals surface area contributed by atoms with Crippen molar-refractivity contribution in [3.63, 3.8) is 0 Å². The highest BCUT2D eigenvalue weighted by Gasteiger charge is 2.57. The number of aliphatic carboxylic acids is 1. The SMILES string of the molecule is C[C@]12CC[C@H](OC(=O)CCSSCCC(=O)N(CC(=O)O)Cc3ccccc3)CC1=CC[C@H]1C3CC=C(c4cccnc4)[C@@]3(C)CC[C@@H]12. The monoisotopic (exact) mass is 688 g/mol. The Hall–Kier alpha value is -3.04. The number of hydrogen-bond donors (Lipinski definition) is 1. The summed E-state index contributed by atoms with van der Waals surface area (Å²) in [4.78, 5) is 42.6. The summed E-state index contributed by atoms with van der Waals surface area (Å²) in [5.41, 5.74) is 5.60. The van der Waals surface area contributed by atoms with Gasteiger partial charge in [0, 0.05) is 43.3 Å². The zero-order valence-electron chi connectivity index (χ0n) is 28.1. The lowest BCUT2D eigenvalue weighted by molar-refractivity contribution is -0.150. The molecule has 0 spiro atoms. The van der Waals surface area contributed by atoms with Gasteiger partial charge in [-0.25, -0.2) is 0 Å². The van der Waals surface area contributed by atoms with Crippen LogP contribution in [0.1, 0.15) is 82.8 Å². The molecule has 7 nitrogen and oxygen atoms in total. The molecule has 1 aromatic carbocycles. The molecule has 4 aliphatic carbocycles. The van der Waals surface area contributed by atoms with Crippen LogP contribution in [0.4, 0.5) is 0 Å². The van der Waals surface area contributed by atoms with Gasteiger partial charge in [-0.1, -0.05) is 89.6 Å². The molecule has 9 heteroatoms. The normalized spacial score (nSPS) is 29.0. The Labute approximate surface area is 292 Å². The Morgan fingerprint density at radius 2 is 1.71 bits per heavy atom. The van der Waals surface area contributed by atoms with Crippen LogP contribution in [0.2, 0.25) is 0 Å². The number of carbonyl (C=O) groups is 3. The second kappa shape index (κ2) is 15.2. The predicted molar refractivity (Wildman–Crippen MR) is 193 cm³/mol. The van der Waals surface area contributed by atoms with Crippen molar-refractivity contribution >= 4 is 45.0 Å². The van der Waals surface area contributed by atoms with E-state index >= 15 is 0 Å². The lowest BCUT2D eigenvalue weighted by atomic mass is 9.47. The summed E-state index contributed by atoms with van der Waals surface area (Å²) in [7, 11) is 3.10. The van der Waals surface area contributed by atoms with E-state index in [1.54, 1.807) is 21.6 Å². The van der Waals surface area contributed by atoms with Gasteiger partial charge in [-0.15, -0.1) is 0 Å². The average Bonchev–Trinajstić information content (AvgIpc) is 3.44. The van der Waals surface area contributed by atoms with Crippen molar-refractivity contribution in [2.75, 3.05) is 18.1 Å². The number of benzene rings is 1. The maximum atomic E-state index is 12.8. The number of amides is 1. The Kier molecular flexibility index (Phi) is 11.1. The van der Waals surface area contributed by atoms with Gasteiger partial charge in [0.1, 0.15) is 12.6 Å². The number of hydrogen-bond acceptors (Lipinski definition) is 7. The molecule has 2 fully saturated rings. The van der Waals surface area contributed by atoms with Gasteiger partial charge >= 0.3 is 11.9 Å². The van der Waals surface area contributed by atoms with E-state index in [0.717, 1.165) is 37.7 Å². The summed E-state index contributed by atoms with van der Waals surface area (Å²) in [6, 6.07) is 13.7. The number of carboxylic acids is 1. The van der Waals surface area contributed by atoms with Gasteiger partial charge in [0.2, 0.25) is 5.91 Å². The fraction of sp³-hybridized carbons (Fsp3) is 0.538. The van der Waals surface area contributed by atoms with Crippen LogP contribution < -0.4 is 0 Å². The van der Waals surface area contributed by atoms with E-state index in [1.807, 2.05) is 42.7 Å². The second-order valence-corrected chi connectivity index (χ2v) is 17.1. The van der Waals surface area contributed by atoms with Crippen LogP contribution in [0.5, 0.6) is 0 Å². The number of carboxylic acid groups (broad SMARTS) is 1. The van der Waals surface area contributed by atoms with Gasteiger partial charge in [0.25, 0.3) is 0 Å². The first kappa shape index (κ1) is 34.8. The van der Waals surface area contributed by atoms with Crippen LogP contribution in [0.3, 0.4) is 0 Å². The molecule has 2 aromatic rings. The quantitative estimate of drug-likeness (QED) is 0.0974. The first-order valence-electron chi connectivity index (χ1n) is 17.5. The van der Waals surface area contributed by atoms with Gasteiger partial charge in [-0.05, 0) is 89.9 Å². The van der Waals surface area contributed by atoms with Crippen LogP contribution in [0.15, 0.2) is 72.6 Å². The summed E-state index contributed by atoms with van der Waals surface area (Å²) in [5.74, 6) is 1.87. The predicted octanol–water partition coefficient (Wildman–Crippen LogP) is 8.22. The minimum Gasteiger partial charge on any atom is -0.480 e. The molecular weight excluding hydrogens is 641 g/mol. The highest BCUT2D eigenvalue weighted by molar-refractivity contribution is 8.76. The fourth-order valence-electron chi connectivity index (χ4n) is 9.24. The number of nitrogens with zero attached hydrogens (tertiary/aromatic N) is 2. The number of fused-ring (bicyclic) bond motifs is 5. The molecule has 1 unspecified atom stereocenters. The minimum atomic E-state index is -1.02. The van der Waals surface area contributed by atoms with Crippen molar-refractivity contribution in [2.45, 2.75) is 84.3 Å². The first-order chi connectivity index (χ1) is 23.2. The maximum absolute atomic E-state index is 12.8. The average molecular weight is 689 g/mol. The number of carbonyl (C=O) groups excluding carboxylic acids is 2. The third-order valence-corrected chi connectivity index (χ3v) is 14.1. The lowest BCUT2D eigenvalue weighted by Gasteiger charge is -2.57.